The highest BCUT2D eigenvalue weighted by molar-refractivity contribution is 7.91. The molecule has 1 aliphatic rings. The number of benzene rings is 2. The minimum absolute atomic E-state index is 0.0729. The molecule has 3 aromatic rings. The van der Waals surface area contributed by atoms with Crippen molar-refractivity contribution in [1.82, 2.24) is 9.55 Å². The van der Waals surface area contributed by atoms with Crippen LogP contribution in [0.2, 0.25) is 0 Å². The molecule has 2 heterocycles. The highest BCUT2D eigenvalue weighted by atomic mass is 32.2. The Morgan fingerprint density at radius 3 is 2.65 bits per heavy atom. The van der Waals surface area contributed by atoms with Crippen molar-refractivity contribution in [3.63, 3.8) is 0 Å². The van der Waals surface area contributed by atoms with Crippen molar-refractivity contribution in [3.05, 3.63) is 83.7 Å². The Morgan fingerprint density at radius 2 is 2.00 bits per heavy atom. The maximum absolute atomic E-state index is 14.7. The van der Waals surface area contributed by atoms with E-state index in [1.165, 1.54) is 12.3 Å². The van der Waals surface area contributed by atoms with Gasteiger partial charge in [-0.05, 0) is 36.6 Å². The maximum Gasteiger partial charge on any atom is 0.153 e. The normalized spacial score (nSPS) is 21.8. The molecule has 1 fully saturated rings. The minimum Gasteiger partial charge on any atom is -0.371 e. The smallest absolute Gasteiger partial charge is 0.153 e. The molecule has 3 unspecified atom stereocenters. The lowest BCUT2D eigenvalue weighted by Gasteiger charge is -2.37. The third-order valence-corrected chi connectivity index (χ3v) is 7.19. The van der Waals surface area contributed by atoms with Gasteiger partial charge in [0.25, 0.3) is 0 Å². The van der Waals surface area contributed by atoms with Crippen LogP contribution in [0.1, 0.15) is 29.5 Å². The van der Waals surface area contributed by atoms with Gasteiger partial charge < -0.3 is 14.0 Å². The molecule has 1 aromatic heterocycles. The van der Waals surface area contributed by atoms with Crippen LogP contribution in [-0.2, 0) is 25.9 Å². The molecule has 0 saturated carbocycles. The fourth-order valence-electron chi connectivity index (χ4n) is 4.01. The summed E-state index contributed by atoms with van der Waals surface area (Å²) < 4.78 is 53.3. The summed E-state index contributed by atoms with van der Waals surface area (Å²) in [6, 6.07) is 14.3. The fourth-order valence-corrected chi connectivity index (χ4v) is 5.24. The third-order valence-electron chi connectivity index (χ3n) is 5.58. The van der Waals surface area contributed by atoms with E-state index < -0.39 is 33.1 Å². The van der Waals surface area contributed by atoms with Gasteiger partial charge in [0.15, 0.2) is 9.84 Å². The van der Waals surface area contributed by atoms with E-state index >= 15 is 0 Å². The van der Waals surface area contributed by atoms with E-state index in [2.05, 4.69) is 4.98 Å². The van der Waals surface area contributed by atoms with Crippen LogP contribution < -0.4 is 0 Å². The van der Waals surface area contributed by atoms with Crippen molar-refractivity contribution in [2.45, 2.75) is 37.4 Å². The Balaban J connectivity index is 1.57. The van der Waals surface area contributed by atoms with Gasteiger partial charge in [0, 0.05) is 25.3 Å². The predicted octanol–water partition coefficient (Wildman–Crippen LogP) is 3.78. The van der Waals surface area contributed by atoms with Gasteiger partial charge in [0.2, 0.25) is 0 Å². The highest BCUT2D eigenvalue weighted by Gasteiger charge is 2.41. The van der Waals surface area contributed by atoms with Gasteiger partial charge >= 0.3 is 0 Å². The topological polar surface area (TPSA) is 70.4 Å². The second-order valence-corrected chi connectivity index (χ2v) is 10.0. The fraction of sp³-hybridized carbons (Fsp3) is 0.348. The number of hydrogen-bond donors (Lipinski definition) is 0. The molecule has 8 heteroatoms. The zero-order chi connectivity index (χ0) is 22.0. The van der Waals surface area contributed by atoms with Crippen molar-refractivity contribution in [2.75, 3.05) is 12.9 Å². The summed E-state index contributed by atoms with van der Waals surface area (Å²) in [6.07, 6.45) is 3.70. The zero-order valence-electron chi connectivity index (χ0n) is 17.4. The van der Waals surface area contributed by atoms with Crippen molar-refractivity contribution in [2.24, 2.45) is 0 Å². The predicted molar refractivity (Wildman–Crippen MR) is 115 cm³/mol. The third kappa shape index (κ3) is 4.71. The van der Waals surface area contributed by atoms with Crippen LogP contribution in [0.4, 0.5) is 4.39 Å². The van der Waals surface area contributed by atoms with E-state index in [1.807, 2.05) is 30.3 Å². The van der Waals surface area contributed by atoms with E-state index in [-0.39, 0.29) is 6.61 Å². The van der Waals surface area contributed by atoms with E-state index in [1.54, 1.807) is 36.0 Å². The van der Waals surface area contributed by atoms with Gasteiger partial charge in [-0.15, -0.1) is 0 Å². The number of rotatable bonds is 6. The Kier molecular flexibility index (Phi) is 6.22. The first-order chi connectivity index (χ1) is 14.8. The van der Waals surface area contributed by atoms with Gasteiger partial charge in [0.05, 0.1) is 17.5 Å². The maximum atomic E-state index is 14.7. The summed E-state index contributed by atoms with van der Waals surface area (Å²) in [4.78, 5) is 4.12. The number of imidazole rings is 1. The van der Waals surface area contributed by atoms with Crippen LogP contribution in [-0.4, -0.2) is 42.2 Å². The molecular weight excluding hydrogens is 419 g/mol. The summed E-state index contributed by atoms with van der Waals surface area (Å²) in [5.41, 5.74) is 1.87. The molecule has 31 heavy (non-hydrogen) atoms. The van der Waals surface area contributed by atoms with Gasteiger partial charge in [-0.1, -0.05) is 36.4 Å². The molecule has 0 spiro atoms. The van der Waals surface area contributed by atoms with Crippen molar-refractivity contribution in [3.8, 4) is 5.69 Å². The second kappa shape index (κ2) is 8.90. The lowest BCUT2D eigenvalue weighted by molar-refractivity contribution is -0.110. The number of hydrogen-bond acceptors (Lipinski definition) is 5. The molecule has 2 aromatic carbocycles. The van der Waals surface area contributed by atoms with Crippen LogP contribution >= 0.6 is 0 Å². The first-order valence-electron chi connectivity index (χ1n) is 10.1. The number of sulfone groups is 1. The zero-order valence-corrected chi connectivity index (χ0v) is 18.3. The summed E-state index contributed by atoms with van der Waals surface area (Å²) in [5, 5.41) is -0.691. The summed E-state index contributed by atoms with van der Waals surface area (Å²) in [6.45, 7) is 2.21. The monoisotopic (exact) mass is 444 g/mol. The Labute approximate surface area is 181 Å². The van der Waals surface area contributed by atoms with Gasteiger partial charge in [-0.2, -0.15) is 0 Å². The van der Waals surface area contributed by atoms with E-state index in [0.29, 0.717) is 30.1 Å². The summed E-state index contributed by atoms with van der Waals surface area (Å²) in [5.74, 6) is 0.283. The van der Waals surface area contributed by atoms with Crippen molar-refractivity contribution in [1.29, 1.82) is 0 Å². The summed E-state index contributed by atoms with van der Waals surface area (Å²) >= 11 is 0. The van der Waals surface area contributed by atoms with Gasteiger partial charge in [0.1, 0.15) is 23.8 Å². The van der Waals surface area contributed by atoms with E-state index in [4.69, 9.17) is 9.47 Å². The van der Waals surface area contributed by atoms with Crippen LogP contribution in [0, 0.1) is 12.7 Å². The van der Waals surface area contributed by atoms with E-state index in [9.17, 15) is 12.8 Å². The minimum atomic E-state index is -3.36. The van der Waals surface area contributed by atoms with Gasteiger partial charge in [-0.25, -0.2) is 17.8 Å². The Bertz CT molecular complexity index is 1150. The Hall–Kier alpha value is -2.55. The molecule has 0 bridgehead atoms. The number of halogens is 1. The summed E-state index contributed by atoms with van der Waals surface area (Å²) in [7, 11) is -3.36. The molecular formula is C23H25FN2O4S. The number of ether oxygens (including phenoxy) is 2. The molecule has 3 atom stereocenters. The molecule has 0 amide bonds. The standard InChI is InChI=1S/C23H25FN2O4S/c1-16-25-11-12-26(16)20-9-8-17(14-19(20)24)15-30-23-21(31(2,27)28)10-13-29-22(23)18-6-4-3-5-7-18/h3-9,11-12,14,21-23H,10,13,15H2,1-2H3. The lowest BCUT2D eigenvalue weighted by Crippen LogP contribution is -2.45. The van der Waals surface area contributed by atoms with Crippen LogP contribution in [0.3, 0.4) is 0 Å². The SMILES string of the molecule is Cc1nccn1-c1ccc(COC2C(c3ccccc3)OCCC2S(C)(=O)=O)cc1F. The molecule has 6 nitrogen and oxygen atoms in total. The molecule has 0 radical (unpaired) electrons. The molecule has 1 saturated heterocycles. The largest absolute Gasteiger partial charge is 0.371 e. The molecule has 0 aliphatic carbocycles. The molecule has 164 valence electrons. The highest BCUT2D eigenvalue weighted by Crippen LogP contribution is 2.34. The van der Waals surface area contributed by atoms with E-state index in [0.717, 1.165) is 5.56 Å². The average molecular weight is 445 g/mol. The average Bonchev–Trinajstić information content (AvgIpc) is 3.17. The number of nitrogens with zero attached hydrogens (tertiary/aromatic N) is 2. The van der Waals surface area contributed by atoms with Crippen molar-refractivity contribution >= 4 is 9.84 Å². The number of aromatic nitrogens is 2. The molecule has 4 rings (SSSR count). The van der Waals surface area contributed by atoms with Crippen LogP contribution in [0.5, 0.6) is 0 Å². The number of aryl methyl sites for hydroxylation is 1. The lowest BCUT2D eigenvalue weighted by atomic mass is 9.97. The van der Waals surface area contributed by atoms with Crippen LogP contribution in [0.15, 0.2) is 60.9 Å². The Morgan fingerprint density at radius 1 is 1.23 bits per heavy atom. The molecule has 0 N–H and O–H groups in total. The van der Waals surface area contributed by atoms with Gasteiger partial charge in [-0.3, -0.25) is 0 Å². The quantitative estimate of drug-likeness (QED) is 0.579. The molecule has 1 aliphatic heterocycles. The van der Waals surface area contributed by atoms with Crippen LogP contribution in [0.25, 0.3) is 5.69 Å². The first-order valence-corrected chi connectivity index (χ1v) is 12.1. The second-order valence-electron chi connectivity index (χ2n) is 7.76. The first kappa shape index (κ1) is 21.7. The van der Waals surface area contributed by atoms with Crippen molar-refractivity contribution < 1.29 is 22.3 Å².